The Morgan fingerprint density at radius 3 is 2.83 bits per heavy atom. The van der Waals surface area contributed by atoms with Gasteiger partial charge in [-0.05, 0) is 23.6 Å². The van der Waals surface area contributed by atoms with E-state index in [1.807, 2.05) is 30.3 Å². The third-order valence-corrected chi connectivity index (χ3v) is 3.38. The zero-order valence-corrected chi connectivity index (χ0v) is 11.2. The highest BCUT2D eigenvalue weighted by atomic mass is 35.5. The molecule has 0 saturated carbocycles. The van der Waals surface area contributed by atoms with Crippen LogP contribution in [0.3, 0.4) is 0 Å². The number of nitrogens with zero attached hydrogens (tertiary/aromatic N) is 1. The lowest BCUT2D eigenvalue weighted by molar-refractivity contribution is 0.166. The Morgan fingerprint density at radius 2 is 2.17 bits per heavy atom. The minimum Gasteiger partial charge on any atom is -0.447 e. The molecule has 0 aromatic heterocycles. The Bertz CT molecular complexity index is 471. The molecular weight excluding hydrogens is 250 g/mol. The SMILES string of the molecule is CC(C)[C@H]1COC(=O)N1/C=C/c1ccccc1Cl. The van der Waals surface area contributed by atoms with E-state index in [4.69, 9.17) is 16.3 Å². The first-order valence-corrected chi connectivity index (χ1v) is 6.35. The van der Waals surface area contributed by atoms with Gasteiger partial charge >= 0.3 is 6.09 Å². The maximum absolute atomic E-state index is 11.6. The van der Waals surface area contributed by atoms with Crippen LogP contribution in [0.2, 0.25) is 5.02 Å². The van der Waals surface area contributed by atoms with Crippen LogP contribution in [0, 0.1) is 5.92 Å². The molecule has 2 rings (SSSR count). The van der Waals surface area contributed by atoms with Crippen LogP contribution < -0.4 is 0 Å². The molecule has 4 heteroatoms. The van der Waals surface area contributed by atoms with E-state index in [0.29, 0.717) is 17.5 Å². The third-order valence-electron chi connectivity index (χ3n) is 3.04. The van der Waals surface area contributed by atoms with Gasteiger partial charge in [0, 0.05) is 11.2 Å². The number of ether oxygens (including phenoxy) is 1. The molecule has 0 unspecified atom stereocenters. The Hall–Kier alpha value is -1.48. The average molecular weight is 266 g/mol. The van der Waals surface area contributed by atoms with Gasteiger partial charge in [-0.1, -0.05) is 43.6 Å². The lowest BCUT2D eigenvalue weighted by atomic mass is 10.1. The molecule has 1 aliphatic heterocycles. The Kier molecular flexibility index (Phi) is 3.92. The molecule has 0 N–H and O–H groups in total. The molecule has 1 amide bonds. The van der Waals surface area contributed by atoms with E-state index in [9.17, 15) is 4.79 Å². The summed E-state index contributed by atoms with van der Waals surface area (Å²) >= 11 is 6.06. The summed E-state index contributed by atoms with van der Waals surface area (Å²) in [7, 11) is 0. The quantitative estimate of drug-likeness (QED) is 0.832. The first-order valence-electron chi connectivity index (χ1n) is 5.97. The molecule has 1 heterocycles. The summed E-state index contributed by atoms with van der Waals surface area (Å²) in [6.45, 7) is 4.59. The lowest BCUT2D eigenvalue weighted by Crippen LogP contribution is -2.32. The molecule has 1 aromatic carbocycles. The van der Waals surface area contributed by atoms with Crippen LogP contribution in [0.1, 0.15) is 19.4 Å². The molecule has 1 aliphatic rings. The summed E-state index contributed by atoms with van der Waals surface area (Å²) in [6.07, 6.45) is 3.29. The summed E-state index contributed by atoms with van der Waals surface area (Å²) in [5.74, 6) is 0.354. The van der Waals surface area contributed by atoms with Gasteiger partial charge in [-0.3, -0.25) is 4.90 Å². The smallest absolute Gasteiger partial charge is 0.414 e. The minimum absolute atomic E-state index is 0.0937. The number of cyclic esters (lactones) is 1. The van der Waals surface area contributed by atoms with Crippen molar-refractivity contribution in [1.29, 1.82) is 0 Å². The Labute approximate surface area is 112 Å². The third kappa shape index (κ3) is 2.67. The maximum Gasteiger partial charge on any atom is 0.414 e. The van der Waals surface area contributed by atoms with Crippen LogP contribution in [0.15, 0.2) is 30.5 Å². The number of hydrogen-bond donors (Lipinski definition) is 0. The van der Waals surface area contributed by atoms with Gasteiger partial charge in [-0.25, -0.2) is 4.79 Å². The van der Waals surface area contributed by atoms with Gasteiger partial charge < -0.3 is 4.74 Å². The number of carbonyl (C=O) groups is 1. The van der Waals surface area contributed by atoms with Crippen LogP contribution in [-0.2, 0) is 4.74 Å². The summed E-state index contributed by atoms with van der Waals surface area (Å²) in [5, 5.41) is 0.669. The second-order valence-electron chi connectivity index (χ2n) is 4.63. The first kappa shape index (κ1) is 13.0. The molecule has 1 atom stereocenters. The van der Waals surface area contributed by atoms with Gasteiger partial charge in [-0.2, -0.15) is 0 Å². The fourth-order valence-corrected chi connectivity index (χ4v) is 2.10. The number of benzene rings is 1. The average Bonchev–Trinajstić information content (AvgIpc) is 2.70. The van der Waals surface area contributed by atoms with Gasteiger partial charge in [0.1, 0.15) is 6.61 Å². The number of rotatable bonds is 3. The van der Waals surface area contributed by atoms with Gasteiger partial charge in [0.25, 0.3) is 0 Å². The van der Waals surface area contributed by atoms with E-state index in [1.165, 1.54) is 0 Å². The van der Waals surface area contributed by atoms with Gasteiger partial charge in [0.05, 0.1) is 6.04 Å². The monoisotopic (exact) mass is 265 g/mol. The molecule has 0 aliphatic carbocycles. The van der Waals surface area contributed by atoms with Crippen molar-refractivity contribution in [1.82, 2.24) is 4.90 Å². The topological polar surface area (TPSA) is 29.5 Å². The predicted molar refractivity (Wildman–Crippen MR) is 72.3 cm³/mol. The van der Waals surface area contributed by atoms with Crippen LogP contribution in [0.5, 0.6) is 0 Å². The highest BCUT2D eigenvalue weighted by molar-refractivity contribution is 6.32. The van der Waals surface area contributed by atoms with Crippen molar-refractivity contribution < 1.29 is 9.53 Å². The second kappa shape index (κ2) is 5.44. The van der Waals surface area contributed by atoms with Gasteiger partial charge in [-0.15, -0.1) is 0 Å². The predicted octanol–water partition coefficient (Wildman–Crippen LogP) is 3.79. The van der Waals surface area contributed by atoms with Crippen molar-refractivity contribution in [2.75, 3.05) is 6.61 Å². The van der Waals surface area contributed by atoms with E-state index in [2.05, 4.69) is 13.8 Å². The maximum atomic E-state index is 11.6. The molecule has 0 bridgehead atoms. The van der Waals surface area contributed by atoms with E-state index in [1.54, 1.807) is 11.1 Å². The summed E-state index contributed by atoms with van der Waals surface area (Å²) in [4.78, 5) is 13.2. The molecule has 3 nitrogen and oxygen atoms in total. The van der Waals surface area contributed by atoms with E-state index < -0.39 is 0 Å². The number of halogens is 1. The molecular formula is C14H16ClNO2. The highest BCUT2D eigenvalue weighted by Crippen LogP contribution is 2.22. The molecule has 96 valence electrons. The zero-order valence-electron chi connectivity index (χ0n) is 10.5. The molecule has 1 saturated heterocycles. The lowest BCUT2D eigenvalue weighted by Gasteiger charge is -2.20. The second-order valence-corrected chi connectivity index (χ2v) is 5.04. The van der Waals surface area contributed by atoms with Crippen molar-refractivity contribution in [2.24, 2.45) is 5.92 Å². The summed E-state index contributed by atoms with van der Waals surface area (Å²) in [6, 6.07) is 7.61. The zero-order chi connectivity index (χ0) is 13.1. The normalized spacial score (nSPS) is 19.9. The molecule has 18 heavy (non-hydrogen) atoms. The summed E-state index contributed by atoms with van der Waals surface area (Å²) in [5.41, 5.74) is 0.890. The van der Waals surface area contributed by atoms with Crippen LogP contribution >= 0.6 is 11.6 Å². The minimum atomic E-state index is -0.294. The number of carbonyl (C=O) groups excluding carboxylic acids is 1. The van der Waals surface area contributed by atoms with Gasteiger partial charge in [0.15, 0.2) is 0 Å². The Morgan fingerprint density at radius 1 is 1.44 bits per heavy atom. The van der Waals surface area contributed by atoms with Crippen molar-refractivity contribution in [2.45, 2.75) is 19.9 Å². The standard InChI is InChI=1S/C14H16ClNO2/c1-10(2)13-9-18-14(17)16(13)8-7-11-5-3-4-6-12(11)15/h3-8,10,13H,9H2,1-2H3/b8-7+/t13-/m1/s1. The van der Waals surface area contributed by atoms with Crippen molar-refractivity contribution in [3.8, 4) is 0 Å². The highest BCUT2D eigenvalue weighted by Gasteiger charge is 2.33. The van der Waals surface area contributed by atoms with Crippen LogP contribution in [0.25, 0.3) is 6.08 Å². The van der Waals surface area contributed by atoms with E-state index >= 15 is 0 Å². The molecule has 1 aromatic rings. The molecule has 1 fully saturated rings. The first-order chi connectivity index (χ1) is 8.59. The van der Waals surface area contributed by atoms with Crippen LogP contribution in [-0.4, -0.2) is 23.6 Å². The van der Waals surface area contributed by atoms with Crippen LogP contribution in [0.4, 0.5) is 4.79 Å². The molecule has 0 radical (unpaired) electrons. The van der Waals surface area contributed by atoms with Crippen molar-refractivity contribution >= 4 is 23.8 Å². The van der Waals surface area contributed by atoms with Gasteiger partial charge in [0.2, 0.25) is 0 Å². The summed E-state index contributed by atoms with van der Waals surface area (Å²) < 4.78 is 5.06. The van der Waals surface area contributed by atoms with E-state index in [0.717, 1.165) is 5.56 Å². The fraction of sp³-hybridized carbons (Fsp3) is 0.357. The molecule has 0 spiro atoms. The Balaban J connectivity index is 2.17. The van der Waals surface area contributed by atoms with Crippen molar-refractivity contribution in [3.63, 3.8) is 0 Å². The van der Waals surface area contributed by atoms with E-state index in [-0.39, 0.29) is 12.1 Å². The largest absolute Gasteiger partial charge is 0.447 e. The number of hydrogen-bond acceptors (Lipinski definition) is 2. The fourth-order valence-electron chi connectivity index (χ4n) is 1.90. The van der Waals surface area contributed by atoms with Crippen molar-refractivity contribution in [3.05, 3.63) is 41.1 Å². The number of amides is 1.